The molecule has 1 unspecified atom stereocenters. The van der Waals surface area contributed by atoms with Crippen LogP contribution in [0.1, 0.15) is 26.7 Å². The second kappa shape index (κ2) is 4.01. The van der Waals surface area contributed by atoms with Crippen molar-refractivity contribution in [1.82, 2.24) is 4.90 Å². The van der Waals surface area contributed by atoms with Crippen LogP contribution in [0.4, 0.5) is 0 Å². The third-order valence-electron chi connectivity index (χ3n) is 3.14. The molecule has 0 aromatic rings. The monoisotopic (exact) mass is 187 g/mol. The fourth-order valence-electron chi connectivity index (χ4n) is 1.93. The van der Waals surface area contributed by atoms with Crippen LogP contribution in [0, 0.1) is 11.3 Å². The van der Waals surface area contributed by atoms with E-state index in [4.69, 9.17) is 0 Å². The molecule has 0 aromatic carbocycles. The number of rotatable bonds is 2. The maximum Gasteiger partial charge on any atom is 0.00120 e. The Morgan fingerprint density at radius 3 is 2.67 bits per heavy atom. The van der Waals surface area contributed by atoms with Crippen molar-refractivity contribution in [2.24, 2.45) is 11.3 Å². The van der Waals surface area contributed by atoms with E-state index < -0.39 is 0 Å². The Bertz CT molecular complexity index is 145. The standard InChI is InChI=1S/C10H21NS/c1-10(2,8-12)9-5-4-6-11(3)7-9/h9,12H,4-8H2,1-3H3. The van der Waals surface area contributed by atoms with Crippen molar-refractivity contribution < 1.29 is 0 Å². The second-order valence-electron chi connectivity index (χ2n) is 4.75. The molecule has 0 saturated carbocycles. The van der Waals surface area contributed by atoms with Crippen LogP contribution in [0.2, 0.25) is 0 Å². The summed E-state index contributed by atoms with van der Waals surface area (Å²) in [7, 11) is 2.22. The first-order valence-electron chi connectivity index (χ1n) is 4.85. The first kappa shape index (κ1) is 10.4. The number of thiol groups is 1. The van der Waals surface area contributed by atoms with Crippen LogP contribution in [-0.2, 0) is 0 Å². The molecule has 0 aromatic heterocycles. The third kappa shape index (κ3) is 2.40. The summed E-state index contributed by atoms with van der Waals surface area (Å²) in [5.74, 6) is 1.85. The summed E-state index contributed by atoms with van der Waals surface area (Å²) in [5, 5.41) is 0. The van der Waals surface area contributed by atoms with Crippen molar-refractivity contribution in [2.45, 2.75) is 26.7 Å². The van der Waals surface area contributed by atoms with E-state index in [0.29, 0.717) is 5.41 Å². The molecule has 0 amide bonds. The van der Waals surface area contributed by atoms with Gasteiger partial charge in [0.1, 0.15) is 0 Å². The molecule has 1 rings (SSSR count). The molecule has 1 nitrogen and oxygen atoms in total. The molecule has 0 radical (unpaired) electrons. The first-order chi connectivity index (χ1) is 5.56. The van der Waals surface area contributed by atoms with Gasteiger partial charge in [-0.15, -0.1) is 0 Å². The molecule has 1 atom stereocenters. The minimum absolute atomic E-state index is 0.414. The lowest BCUT2D eigenvalue weighted by atomic mass is 9.76. The highest BCUT2D eigenvalue weighted by Gasteiger charge is 2.30. The molecule has 0 aliphatic carbocycles. The SMILES string of the molecule is CN1CCCC(C(C)(C)CS)C1. The molecule has 2 heteroatoms. The lowest BCUT2D eigenvalue weighted by Gasteiger charge is -2.39. The Hall–Kier alpha value is 0.310. The predicted molar refractivity (Wildman–Crippen MR) is 57.9 cm³/mol. The van der Waals surface area contributed by atoms with Crippen molar-refractivity contribution in [3.8, 4) is 0 Å². The van der Waals surface area contributed by atoms with Gasteiger partial charge in [-0.2, -0.15) is 12.6 Å². The lowest BCUT2D eigenvalue weighted by Crippen LogP contribution is -2.40. The fourth-order valence-corrected chi connectivity index (χ4v) is 2.19. The van der Waals surface area contributed by atoms with Gasteiger partial charge in [-0.3, -0.25) is 0 Å². The topological polar surface area (TPSA) is 3.24 Å². The van der Waals surface area contributed by atoms with Crippen molar-refractivity contribution in [3.63, 3.8) is 0 Å². The van der Waals surface area contributed by atoms with E-state index in [1.807, 2.05) is 0 Å². The summed E-state index contributed by atoms with van der Waals surface area (Å²) in [6.45, 7) is 7.21. The zero-order valence-electron chi connectivity index (χ0n) is 8.51. The number of likely N-dealkylation sites (tertiary alicyclic amines) is 1. The van der Waals surface area contributed by atoms with Gasteiger partial charge in [0.05, 0.1) is 0 Å². The van der Waals surface area contributed by atoms with Gasteiger partial charge in [0.2, 0.25) is 0 Å². The Kier molecular flexibility index (Phi) is 3.47. The van der Waals surface area contributed by atoms with Crippen LogP contribution in [0.5, 0.6) is 0 Å². The largest absolute Gasteiger partial charge is 0.306 e. The molecule has 1 fully saturated rings. The van der Waals surface area contributed by atoms with Gasteiger partial charge in [0, 0.05) is 6.54 Å². The van der Waals surface area contributed by atoms with Crippen LogP contribution in [0.15, 0.2) is 0 Å². The highest BCUT2D eigenvalue weighted by molar-refractivity contribution is 7.80. The second-order valence-corrected chi connectivity index (χ2v) is 5.06. The lowest BCUT2D eigenvalue weighted by molar-refractivity contribution is 0.121. The molecule has 72 valence electrons. The minimum atomic E-state index is 0.414. The smallest absolute Gasteiger partial charge is 0.00120 e. The summed E-state index contributed by atoms with van der Waals surface area (Å²) >= 11 is 4.42. The number of hydrogen-bond acceptors (Lipinski definition) is 2. The van der Waals surface area contributed by atoms with Crippen molar-refractivity contribution in [3.05, 3.63) is 0 Å². The van der Waals surface area contributed by atoms with E-state index in [2.05, 4.69) is 38.4 Å². The highest BCUT2D eigenvalue weighted by atomic mass is 32.1. The summed E-state index contributed by atoms with van der Waals surface area (Å²) in [6.07, 6.45) is 2.75. The van der Waals surface area contributed by atoms with Gasteiger partial charge in [-0.25, -0.2) is 0 Å². The number of nitrogens with zero attached hydrogens (tertiary/aromatic N) is 1. The molecule has 1 saturated heterocycles. The van der Waals surface area contributed by atoms with Gasteiger partial charge >= 0.3 is 0 Å². The van der Waals surface area contributed by atoms with Crippen molar-refractivity contribution >= 4 is 12.6 Å². The Labute approximate surface area is 81.9 Å². The van der Waals surface area contributed by atoms with Crippen LogP contribution >= 0.6 is 12.6 Å². The number of piperidine rings is 1. The van der Waals surface area contributed by atoms with Gasteiger partial charge in [-0.05, 0) is 43.5 Å². The summed E-state index contributed by atoms with van der Waals surface area (Å²) < 4.78 is 0. The predicted octanol–water partition coefficient (Wildman–Crippen LogP) is 2.28. The summed E-state index contributed by atoms with van der Waals surface area (Å²) in [6, 6.07) is 0. The molecular weight excluding hydrogens is 166 g/mol. The van der Waals surface area contributed by atoms with E-state index in [0.717, 1.165) is 11.7 Å². The fraction of sp³-hybridized carbons (Fsp3) is 1.00. The Morgan fingerprint density at radius 2 is 2.17 bits per heavy atom. The number of hydrogen-bond donors (Lipinski definition) is 1. The quantitative estimate of drug-likeness (QED) is 0.649. The van der Waals surface area contributed by atoms with Crippen LogP contribution < -0.4 is 0 Å². The summed E-state index contributed by atoms with van der Waals surface area (Å²) in [4.78, 5) is 2.44. The molecule has 1 aliphatic rings. The molecule has 12 heavy (non-hydrogen) atoms. The van der Waals surface area contributed by atoms with Crippen LogP contribution in [-0.4, -0.2) is 30.8 Å². The zero-order valence-corrected chi connectivity index (χ0v) is 9.40. The molecule has 0 spiro atoms. The Balaban J connectivity index is 2.50. The van der Waals surface area contributed by atoms with Gasteiger partial charge in [0.15, 0.2) is 0 Å². The molecule has 1 heterocycles. The highest BCUT2D eigenvalue weighted by Crippen LogP contribution is 2.34. The maximum absolute atomic E-state index is 4.42. The first-order valence-corrected chi connectivity index (χ1v) is 5.49. The van der Waals surface area contributed by atoms with Gasteiger partial charge in [0.25, 0.3) is 0 Å². The normalized spacial score (nSPS) is 27.5. The zero-order chi connectivity index (χ0) is 9.19. The van der Waals surface area contributed by atoms with E-state index >= 15 is 0 Å². The van der Waals surface area contributed by atoms with Crippen molar-refractivity contribution in [2.75, 3.05) is 25.9 Å². The van der Waals surface area contributed by atoms with Crippen LogP contribution in [0.25, 0.3) is 0 Å². The Morgan fingerprint density at radius 1 is 1.50 bits per heavy atom. The molecular formula is C10H21NS. The summed E-state index contributed by atoms with van der Waals surface area (Å²) in [5.41, 5.74) is 0.414. The molecule has 0 bridgehead atoms. The van der Waals surface area contributed by atoms with E-state index in [-0.39, 0.29) is 0 Å². The molecule has 0 N–H and O–H groups in total. The molecule has 1 aliphatic heterocycles. The van der Waals surface area contributed by atoms with Gasteiger partial charge < -0.3 is 4.90 Å². The van der Waals surface area contributed by atoms with E-state index in [1.54, 1.807) is 0 Å². The average molecular weight is 187 g/mol. The van der Waals surface area contributed by atoms with Gasteiger partial charge in [-0.1, -0.05) is 13.8 Å². The van der Waals surface area contributed by atoms with Crippen molar-refractivity contribution in [1.29, 1.82) is 0 Å². The third-order valence-corrected chi connectivity index (χ3v) is 3.95. The maximum atomic E-state index is 4.42. The van der Waals surface area contributed by atoms with Crippen LogP contribution in [0.3, 0.4) is 0 Å². The van der Waals surface area contributed by atoms with E-state index in [9.17, 15) is 0 Å². The van der Waals surface area contributed by atoms with E-state index in [1.165, 1.54) is 25.9 Å². The minimum Gasteiger partial charge on any atom is -0.306 e. The average Bonchev–Trinajstić information content (AvgIpc) is 2.05.